The molecule has 71 heavy (non-hydrogen) atoms. The number of nitrogens with zero attached hydrogens (tertiary/aromatic N) is 3. The molecule has 4 bridgehead atoms. The monoisotopic (exact) mass is 985 g/mol. The zero-order chi connectivity index (χ0) is 52.0. The number of benzene rings is 3. The molecule has 0 unspecified atom stereocenters. The predicted octanol–water partition coefficient (Wildman–Crippen LogP) is 6.20. The van der Waals surface area contributed by atoms with Crippen molar-refractivity contribution in [2.24, 2.45) is 23.7 Å². The molecule has 1 aliphatic carbocycles. The number of nitrogens with one attached hydrogen (secondary N) is 1. The van der Waals surface area contributed by atoms with Crippen molar-refractivity contribution < 1.29 is 67.4 Å². The number of aliphatic hydroxyl groups excluding tert-OH is 2. The summed E-state index contributed by atoms with van der Waals surface area (Å²) < 4.78 is 37.5. The van der Waals surface area contributed by atoms with Gasteiger partial charge in [0.1, 0.15) is 52.6 Å². The zero-order valence-electron chi connectivity index (χ0n) is 42.7. The molecule has 2 aromatic carbocycles. The number of hydrogen-bond acceptors (Lipinski definition) is 16. The lowest BCUT2D eigenvalue weighted by Crippen LogP contribution is -2.60. The minimum Gasteiger partial charge on any atom is -0.507 e. The van der Waals surface area contributed by atoms with E-state index in [1.165, 1.54) is 65.4 Å². The number of aromatic nitrogens is 1. The first-order valence-corrected chi connectivity index (χ1v) is 24.3. The van der Waals surface area contributed by atoms with Gasteiger partial charge in [-0.2, -0.15) is 0 Å². The molecule has 1 amide bonds. The number of aromatic hydroxyl groups is 2. The van der Waals surface area contributed by atoms with Crippen molar-refractivity contribution in [1.82, 2.24) is 9.88 Å². The Morgan fingerprint density at radius 1 is 1.00 bits per heavy atom. The number of ketones is 1. The lowest BCUT2D eigenvalue weighted by atomic mass is 9.78. The summed E-state index contributed by atoms with van der Waals surface area (Å²) in [5, 5.41) is 48.6. The summed E-state index contributed by atoms with van der Waals surface area (Å²) in [5.74, 6) is -7.81. The third-order valence-corrected chi connectivity index (χ3v) is 15.2. The molecule has 0 saturated carbocycles. The second-order valence-corrected chi connectivity index (χ2v) is 20.2. The van der Waals surface area contributed by atoms with Gasteiger partial charge in [0.25, 0.3) is 11.7 Å². The maximum absolute atomic E-state index is 14.9. The second-order valence-electron chi connectivity index (χ2n) is 20.2. The summed E-state index contributed by atoms with van der Waals surface area (Å²) in [5.41, 5.74) is -1.59. The minimum absolute atomic E-state index is 0.0129. The predicted molar refractivity (Wildman–Crippen MR) is 266 cm³/mol. The smallest absolute Gasteiger partial charge is 0.312 e. The fraction of sp³-hybridized carbons (Fsp3) is 0.528. The molecule has 4 heterocycles. The Morgan fingerprint density at radius 2 is 1.69 bits per heavy atom. The van der Waals surface area contributed by atoms with Crippen LogP contribution in [0.1, 0.15) is 78.2 Å². The normalized spacial score (nSPS) is 29.4. The topological polar surface area (TPSA) is 237 Å². The third-order valence-electron chi connectivity index (χ3n) is 15.2. The molecule has 2 aromatic rings. The van der Waals surface area contributed by atoms with E-state index in [4.69, 9.17) is 33.1 Å². The van der Waals surface area contributed by atoms with Crippen LogP contribution in [-0.4, -0.2) is 142 Å². The van der Waals surface area contributed by atoms with Gasteiger partial charge in [-0.25, -0.2) is 4.98 Å². The minimum atomic E-state index is -2.10. The van der Waals surface area contributed by atoms with Crippen molar-refractivity contribution >= 4 is 45.2 Å². The van der Waals surface area contributed by atoms with E-state index in [9.17, 15) is 39.6 Å². The van der Waals surface area contributed by atoms with Gasteiger partial charge >= 0.3 is 11.8 Å². The largest absolute Gasteiger partial charge is 0.507 e. The van der Waals surface area contributed by atoms with E-state index in [0.29, 0.717) is 19.2 Å². The van der Waals surface area contributed by atoms with Crippen molar-refractivity contribution in [2.75, 3.05) is 58.8 Å². The van der Waals surface area contributed by atoms with Crippen LogP contribution < -0.4 is 20.2 Å². The number of amides is 1. The van der Waals surface area contributed by atoms with Crippen molar-refractivity contribution in [1.29, 1.82) is 0 Å². The van der Waals surface area contributed by atoms with E-state index >= 15 is 0 Å². The highest BCUT2D eigenvalue weighted by Crippen LogP contribution is 2.51. The molecule has 9 atom stereocenters. The number of methoxy groups -OCH3 is 1. The molecule has 0 radical (unpaired) electrons. The number of phenols is 2. The van der Waals surface area contributed by atoms with Crippen LogP contribution in [0.4, 0.5) is 5.69 Å². The summed E-state index contributed by atoms with van der Waals surface area (Å²) in [7, 11) is 3.70. The Bertz CT molecular complexity index is 2830. The number of allylic oxidation sites excluding steroid dienone is 2. The fourth-order valence-electron chi connectivity index (χ4n) is 9.94. The highest BCUT2D eigenvalue weighted by atomic mass is 16.7. The molecule has 18 heteroatoms. The van der Waals surface area contributed by atoms with Gasteiger partial charge in [0.2, 0.25) is 5.43 Å². The molecule has 1 saturated heterocycles. The number of piperazine rings is 1. The first kappa shape index (κ1) is 52.8. The molecule has 4 aliphatic heterocycles. The van der Waals surface area contributed by atoms with Crippen molar-refractivity contribution in [3.8, 4) is 34.5 Å². The Balaban J connectivity index is 1.36. The van der Waals surface area contributed by atoms with Crippen LogP contribution in [0.3, 0.4) is 0 Å². The van der Waals surface area contributed by atoms with Gasteiger partial charge in [0.15, 0.2) is 11.3 Å². The average molecular weight is 986 g/mol. The molecule has 5 N–H and O–H groups in total. The summed E-state index contributed by atoms with van der Waals surface area (Å²) in [6, 6.07) is 3.42. The highest BCUT2D eigenvalue weighted by Gasteiger charge is 2.50. The molecular weight excluding hydrogens is 917 g/mol. The summed E-state index contributed by atoms with van der Waals surface area (Å²) in [6.07, 6.45) is 3.42. The van der Waals surface area contributed by atoms with Crippen LogP contribution in [-0.2, 0) is 23.8 Å². The standard InChI is InChI=1S/C53H68N4O14/c1-26(2)57(11)20-17-56(18-21-57)19-23-67-34-24-35(59)41-37(25-34)70-50-42(54-41)38-39-46(62)32(8)49-40(38)51(64)53(10,71-49)68-22-16-36(66-12)29(5)48(69-33(9)58)31(7)45(61)30(6)44(60)27(3)14-13-15-28(4)52(65)55-43(50)47(39)63/h13-16,22,24-27,29-31,36,44-45,48,60-61H,17-21,23H2,1-12H3,(H2-,54,55,59,62,63,64,65)/p+1/b14-13+,22-16+,28-15-/t27-,29+,30+,31+,36-,44-,45+,48+,53-/m0/s1. The van der Waals surface area contributed by atoms with E-state index in [1.54, 1.807) is 39.8 Å². The third kappa shape index (κ3) is 10.1. The van der Waals surface area contributed by atoms with Crippen LogP contribution in [0.2, 0.25) is 0 Å². The number of carbonyl (C=O) groups excluding carboxylic acids is 3. The van der Waals surface area contributed by atoms with Gasteiger partial charge in [0.05, 0.1) is 61.7 Å². The van der Waals surface area contributed by atoms with E-state index in [1.807, 2.05) is 0 Å². The van der Waals surface area contributed by atoms with Crippen LogP contribution in [0.15, 0.2) is 57.5 Å². The van der Waals surface area contributed by atoms with E-state index in [0.717, 1.165) is 30.7 Å². The number of likely N-dealkylation sites (N-methyl/N-ethyl adjacent to an activating group) is 1. The number of carbonyl (C=O) groups is 3. The number of aliphatic hydroxyl groups is 2. The molecule has 0 aromatic heterocycles. The van der Waals surface area contributed by atoms with Crippen molar-refractivity contribution in [3.63, 3.8) is 0 Å². The number of phenolic OH excluding ortho intramolecular Hbond substituents is 2. The maximum atomic E-state index is 14.9. The average Bonchev–Trinajstić information content (AvgIpc) is 3.59. The SMILES string of the molecule is CO[C@H]1/C=C/O[C@@]2(C)Oc3c(C)c(O)c4c(=O)c(c5oc6cc(OCCN7CC[N+](C)(C(C)C)CC7)cc(O)c6nc-5c4c3C2=O)NC(=O)/C(C)=C\C=C\[C@H](C)[C@H](O)[C@@H](C)[C@@H](O)[C@@H](C)[C@H](OC(C)=O)[C@@H]1C. The Hall–Kier alpha value is -6.05. The molecule has 5 aliphatic rings. The summed E-state index contributed by atoms with van der Waals surface area (Å²) >= 11 is 0. The number of Topliss-reactive ketones (excluding diaryl/α,β-unsaturated/α-hetero) is 1. The quantitative estimate of drug-likeness (QED) is 0.0600. The van der Waals surface area contributed by atoms with E-state index in [2.05, 4.69) is 31.1 Å². The lowest BCUT2D eigenvalue weighted by Gasteiger charge is -2.44. The van der Waals surface area contributed by atoms with Gasteiger partial charge in [-0.3, -0.25) is 24.1 Å². The van der Waals surface area contributed by atoms with E-state index < -0.39 is 88.4 Å². The molecule has 7 rings (SSSR count). The van der Waals surface area contributed by atoms with Gasteiger partial charge < -0.3 is 58.3 Å². The lowest BCUT2D eigenvalue weighted by molar-refractivity contribution is -0.933. The van der Waals surface area contributed by atoms with E-state index in [-0.39, 0.29) is 67.3 Å². The maximum Gasteiger partial charge on any atom is 0.312 e. The van der Waals surface area contributed by atoms with Crippen LogP contribution in [0.5, 0.6) is 23.0 Å². The number of ether oxygens (including phenoxy) is 5. The van der Waals surface area contributed by atoms with Gasteiger partial charge in [-0.1, -0.05) is 45.9 Å². The fourth-order valence-corrected chi connectivity index (χ4v) is 9.94. The van der Waals surface area contributed by atoms with Crippen molar-refractivity contribution in [2.45, 2.75) is 105 Å². The van der Waals surface area contributed by atoms with Crippen LogP contribution in [0, 0.1) is 30.6 Å². The number of quaternary nitrogens is 1. The van der Waals surface area contributed by atoms with Gasteiger partial charge in [0, 0.05) is 92.9 Å². The number of esters is 1. The Morgan fingerprint density at radius 3 is 2.34 bits per heavy atom. The first-order chi connectivity index (χ1) is 33.4. The Kier molecular flexibility index (Phi) is 15.3. The summed E-state index contributed by atoms with van der Waals surface area (Å²) in [6.45, 7) is 21.7. The number of hydrogen-bond donors (Lipinski definition) is 5. The second kappa shape index (κ2) is 20.6. The Labute approximate surface area is 413 Å². The molecule has 1 fully saturated rings. The molecule has 18 nitrogen and oxygen atoms in total. The first-order valence-electron chi connectivity index (χ1n) is 24.3. The highest BCUT2D eigenvalue weighted by molar-refractivity contribution is 6.22. The molecule has 0 spiro atoms. The number of fused-ring (bicyclic) bond motifs is 2. The van der Waals surface area contributed by atoms with Crippen LogP contribution >= 0.6 is 0 Å². The van der Waals surface area contributed by atoms with Gasteiger partial charge in [-0.15, -0.1) is 0 Å². The summed E-state index contributed by atoms with van der Waals surface area (Å²) in [4.78, 5) is 63.3. The zero-order valence-corrected chi connectivity index (χ0v) is 42.7. The number of anilines is 1. The molecular formula is C53H69N4O14+. The van der Waals surface area contributed by atoms with Gasteiger partial charge in [-0.05, 0) is 33.8 Å². The van der Waals surface area contributed by atoms with Crippen molar-refractivity contribution in [3.05, 3.63) is 69.6 Å². The molecule has 384 valence electrons. The van der Waals surface area contributed by atoms with Crippen LogP contribution in [0.25, 0.3) is 33.3 Å². The number of rotatable bonds is 7.